The molecule has 0 unspecified atom stereocenters. The van der Waals surface area contributed by atoms with Crippen molar-refractivity contribution in [3.05, 3.63) is 22.9 Å². The zero-order valence-corrected chi connectivity index (χ0v) is 18.7. The van der Waals surface area contributed by atoms with Crippen LogP contribution in [0.3, 0.4) is 0 Å². The van der Waals surface area contributed by atoms with E-state index in [1.807, 2.05) is 20.8 Å². The van der Waals surface area contributed by atoms with Gasteiger partial charge in [0.2, 0.25) is 0 Å². The first-order valence-corrected chi connectivity index (χ1v) is 9.86. The van der Waals surface area contributed by atoms with Crippen molar-refractivity contribution in [3.8, 4) is 0 Å². The largest absolute Gasteiger partial charge is 0.413 e. The molecule has 0 aromatic rings. The van der Waals surface area contributed by atoms with E-state index in [1.165, 1.54) is 12.6 Å². The van der Waals surface area contributed by atoms with Crippen molar-refractivity contribution in [1.29, 1.82) is 0 Å². The lowest BCUT2D eigenvalue weighted by molar-refractivity contribution is -0.134. The zero-order chi connectivity index (χ0) is 23.0. The van der Waals surface area contributed by atoms with Crippen LogP contribution in [0.15, 0.2) is 22.9 Å². The van der Waals surface area contributed by atoms with Gasteiger partial charge in [0.1, 0.15) is 0 Å². The molecule has 0 atom stereocenters. The Balaban J connectivity index is -0.000000363. The van der Waals surface area contributed by atoms with E-state index in [0.29, 0.717) is 0 Å². The van der Waals surface area contributed by atoms with Gasteiger partial charge in [0.15, 0.2) is 0 Å². The SMILES string of the molecule is CC.CC(C)C.CC1=C(CCC(F)(F)F)CCCC1.CN/C=C(\C)C(F)(F)F. The molecule has 0 aliphatic heterocycles. The van der Waals surface area contributed by atoms with Gasteiger partial charge in [-0.1, -0.05) is 45.8 Å². The minimum absolute atomic E-state index is 0.218. The van der Waals surface area contributed by atoms with Crippen molar-refractivity contribution in [2.45, 2.75) is 99.3 Å². The van der Waals surface area contributed by atoms with Gasteiger partial charge >= 0.3 is 12.4 Å². The molecule has 0 spiro atoms. The van der Waals surface area contributed by atoms with Gasteiger partial charge in [-0.05, 0) is 51.9 Å². The first kappa shape index (κ1) is 31.6. The lowest BCUT2D eigenvalue weighted by Gasteiger charge is -2.18. The molecule has 0 aromatic carbocycles. The fraction of sp³-hybridized carbons (Fsp3) is 0.810. The average molecular weight is 420 g/mol. The minimum atomic E-state index is -4.19. The Hall–Kier alpha value is -1.14. The Kier molecular flexibility index (Phi) is 18.9. The van der Waals surface area contributed by atoms with Crippen LogP contribution in [0.5, 0.6) is 0 Å². The lowest BCUT2D eigenvalue weighted by Crippen LogP contribution is -2.11. The minimum Gasteiger partial charge on any atom is -0.394 e. The smallest absolute Gasteiger partial charge is 0.394 e. The summed E-state index contributed by atoms with van der Waals surface area (Å²) in [6.45, 7) is 13.5. The van der Waals surface area contributed by atoms with Crippen LogP contribution < -0.4 is 5.32 Å². The highest BCUT2D eigenvalue weighted by molar-refractivity contribution is 5.14. The van der Waals surface area contributed by atoms with Crippen LogP contribution in [0, 0.1) is 5.92 Å². The van der Waals surface area contributed by atoms with Crippen molar-refractivity contribution in [3.63, 3.8) is 0 Å². The van der Waals surface area contributed by atoms with Gasteiger partial charge in [0.05, 0.1) is 0 Å². The van der Waals surface area contributed by atoms with Gasteiger partial charge in [0.25, 0.3) is 0 Å². The summed E-state index contributed by atoms with van der Waals surface area (Å²) in [7, 11) is 1.43. The molecule has 1 rings (SSSR count). The zero-order valence-electron chi connectivity index (χ0n) is 18.7. The number of halogens is 6. The van der Waals surface area contributed by atoms with E-state index >= 15 is 0 Å². The lowest BCUT2D eigenvalue weighted by atomic mass is 9.90. The number of nitrogens with one attached hydrogen (secondary N) is 1. The number of alkyl halides is 6. The summed E-state index contributed by atoms with van der Waals surface area (Å²) >= 11 is 0. The fourth-order valence-electron chi connectivity index (χ4n) is 2.05. The molecule has 0 amide bonds. The summed E-state index contributed by atoms with van der Waals surface area (Å²) in [4.78, 5) is 0. The normalized spacial score (nSPS) is 14.9. The molecule has 0 saturated carbocycles. The molecule has 28 heavy (non-hydrogen) atoms. The molecular formula is C21H39F6N. The summed E-state index contributed by atoms with van der Waals surface area (Å²) in [5, 5.41) is 2.29. The van der Waals surface area contributed by atoms with Crippen LogP contribution in [0.4, 0.5) is 26.3 Å². The summed E-state index contributed by atoms with van der Waals surface area (Å²) in [6.07, 6.45) is -3.64. The second kappa shape index (κ2) is 16.8. The van der Waals surface area contributed by atoms with E-state index in [1.54, 1.807) is 0 Å². The number of hydrogen-bond acceptors (Lipinski definition) is 1. The standard InChI is InChI=1S/C10H15F3.C5H8F3N.C4H10.C2H6/c1-8-4-2-3-5-9(8)6-7-10(11,12)13;1-4(3-9-2)5(6,7)8;1-4(2)3;1-2/h2-7H2,1H3;3,9H,1-2H3;4H,1-3H3;1-2H3/b;4-3+;;. The topological polar surface area (TPSA) is 12.0 Å². The molecule has 1 aliphatic rings. The van der Waals surface area contributed by atoms with Crippen molar-refractivity contribution in [1.82, 2.24) is 5.32 Å². The van der Waals surface area contributed by atoms with Gasteiger partial charge in [-0.2, -0.15) is 26.3 Å². The van der Waals surface area contributed by atoms with Crippen LogP contribution in [0.25, 0.3) is 0 Å². The first-order valence-electron chi connectivity index (χ1n) is 9.86. The van der Waals surface area contributed by atoms with Crippen molar-refractivity contribution in [2.24, 2.45) is 5.92 Å². The third-order valence-corrected chi connectivity index (χ3v) is 3.40. The predicted molar refractivity (Wildman–Crippen MR) is 107 cm³/mol. The van der Waals surface area contributed by atoms with E-state index in [4.69, 9.17) is 0 Å². The molecule has 1 aliphatic carbocycles. The van der Waals surface area contributed by atoms with Crippen molar-refractivity contribution in [2.75, 3.05) is 7.05 Å². The van der Waals surface area contributed by atoms with Crippen LogP contribution in [0.1, 0.15) is 87.0 Å². The number of allylic oxidation sites excluding steroid dienone is 3. The predicted octanol–water partition coefficient (Wildman–Crippen LogP) is 8.58. The highest BCUT2D eigenvalue weighted by Crippen LogP contribution is 2.31. The molecule has 7 heteroatoms. The highest BCUT2D eigenvalue weighted by Gasteiger charge is 2.29. The van der Waals surface area contributed by atoms with E-state index in [0.717, 1.165) is 50.3 Å². The molecule has 0 bridgehead atoms. The van der Waals surface area contributed by atoms with Gasteiger partial charge in [-0.25, -0.2) is 0 Å². The van der Waals surface area contributed by atoms with E-state index in [2.05, 4.69) is 26.1 Å². The Morgan fingerprint density at radius 3 is 1.71 bits per heavy atom. The quantitative estimate of drug-likeness (QED) is 0.357. The average Bonchev–Trinajstić information content (AvgIpc) is 2.55. The van der Waals surface area contributed by atoms with Gasteiger partial charge in [-0.3, -0.25) is 0 Å². The Labute approximate surface area is 167 Å². The second-order valence-corrected chi connectivity index (χ2v) is 7.05. The molecular weight excluding hydrogens is 380 g/mol. The number of rotatable bonds is 3. The summed E-state index contributed by atoms with van der Waals surface area (Å²) in [5.41, 5.74) is 1.61. The van der Waals surface area contributed by atoms with Crippen LogP contribution >= 0.6 is 0 Å². The maximum absolute atomic E-state index is 11.9. The summed E-state index contributed by atoms with van der Waals surface area (Å²) in [5.74, 6) is 0.833. The molecule has 170 valence electrons. The van der Waals surface area contributed by atoms with E-state index in [9.17, 15) is 26.3 Å². The van der Waals surface area contributed by atoms with E-state index < -0.39 is 24.3 Å². The Morgan fingerprint density at radius 1 is 1.00 bits per heavy atom. The van der Waals surface area contributed by atoms with Crippen molar-refractivity contribution < 1.29 is 26.3 Å². The van der Waals surface area contributed by atoms with Crippen molar-refractivity contribution >= 4 is 0 Å². The highest BCUT2D eigenvalue weighted by atomic mass is 19.4. The monoisotopic (exact) mass is 419 g/mol. The summed E-state index contributed by atoms with van der Waals surface area (Å²) < 4.78 is 70.3. The molecule has 0 fully saturated rings. The third-order valence-electron chi connectivity index (χ3n) is 3.40. The van der Waals surface area contributed by atoms with Crippen LogP contribution in [-0.2, 0) is 0 Å². The second-order valence-electron chi connectivity index (χ2n) is 7.05. The molecule has 0 radical (unpaired) electrons. The van der Waals surface area contributed by atoms with Crippen LogP contribution in [-0.4, -0.2) is 19.4 Å². The molecule has 0 aromatic heterocycles. The van der Waals surface area contributed by atoms with E-state index in [-0.39, 0.29) is 6.42 Å². The maximum atomic E-state index is 11.9. The molecule has 1 N–H and O–H groups in total. The Bertz CT molecular complexity index is 428. The van der Waals surface area contributed by atoms with Gasteiger partial charge < -0.3 is 5.32 Å². The van der Waals surface area contributed by atoms with Gasteiger partial charge in [-0.15, -0.1) is 0 Å². The maximum Gasteiger partial charge on any atom is 0.413 e. The fourth-order valence-corrected chi connectivity index (χ4v) is 2.05. The number of hydrogen-bond donors (Lipinski definition) is 1. The molecule has 0 saturated heterocycles. The third kappa shape index (κ3) is 22.9. The Morgan fingerprint density at radius 2 is 1.43 bits per heavy atom. The molecule has 0 heterocycles. The van der Waals surface area contributed by atoms with Crippen LogP contribution in [0.2, 0.25) is 0 Å². The molecule has 1 nitrogen and oxygen atoms in total. The van der Waals surface area contributed by atoms with Gasteiger partial charge in [0, 0.05) is 25.2 Å². The first-order chi connectivity index (χ1) is 12.7. The summed E-state index contributed by atoms with van der Waals surface area (Å²) in [6, 6.07) is 0.